The van der Waals surface area contributed by atoms with Crippen LogP contribution in [0.5, 0.6) is 0 Å². The number of esters is 2. The third kappa shape index (κ3) is 5.51. The summed E-state index contributed by atoms with van der Waals surface area (Å²) in [5, 5.41) is 0. The summed E-state index contributed by atoms with van der Waals surface area (Å²) in [4.78, 5) is 23.3. The lowest BCUT2D eigenvalue weighted by atomic mass is 9.78. The number of benzene rings is 1. The van der Waals surface area contributed by atoms with E-state index in [2.05, 4.69) is 0 Å². The van der Waals surface area contributed by atoms with Crippen molar-refractivity contribution < 1.29 is 19.1 Å². The molecule has 22 heavy (non-hydrogen) atoms. The van der Waals surface area contributed by atoms with Gasteiger partial charge >= 0.3 is 11.9 Å². The van der Waals surface area contributed by atoms with Gasteiger partial charge in [0.15, 0.2) is 0 Å². The van der Waals surface area contributed by atoms with Crippen LogP contribution in [-0.2, 0) is 25.7 Å². The SMILES string of the molecule is COC(=O)C[C@@H]1CCC[C@H](CC(=O)OCc2ccccc2)C1. The smallest absolute Gasteiger partial charge is 0.306 e. The third-order valence-corrected chi connectivity index (χ3v) is 4.27. The van der Waals surface area contributed by atoms with Crippen molar-refractivity contribution >= 4 is 11.9 Å². The van der Waals surface area contributed by atoms with Crippen LogP contribution in [0.3, 0.4) is 0 Å². The Morgan fingerprint density at radius 1 is 1.05 bits per heavy atom. The highest BCUT2D eigenvalue weighted by Gasteiger charge is 2.26. The topological polar surface area (TPSA) is 52.6 Å². The molecule has 120 valence electrons. The largest absolute Gasteiger partial charge is 0.469 e. The number of hydrogen-bond donors (Lipinski definition) is 0. The van der Waals surface area contributed by atoms with Crippen molar-refractivity contribution in [1.82, 2.24) is 0 Å². The molecule has 4 nitrogen and oxygen atoms in total. The molecule has 0 bridgehead atoms. The lowest BCUT2D eigenvalue weighted by Gasteiger charge is -2.27. The first-order valence-corrected chi connectivity index (χ1v) is 7.93. The average molecular weight is 304 g/mol. The Morgan fingerprint density at radius 3 is 2.32 bits per heavy atom. The average Bonchev–Trinajstić information content (AvgIpc) is 2.54. The monoisotopic (exact) mass is 304 g/mol. The zero-order valence-electron chi connectivity index (χ0n) is 13.1. The minimum absolute atomic E-state index is 0.146. The van der Waals surface area contributed by atoms with Crippen LogP contribution in [0, 0.1) is 11.8 Å². The fourth-order valence-electron chi connectivity index (χ4n) is 3.12. The molecule has 2 atom stereocenters. The van der Waals surface area contributed by atoms with Crippen molar-refractivity contribution in [2.75, 3.05) is 7.11 Å². The Hall–Kier alpha value is -1.84. The van der Waals surface area contributed by atoms with E-state index in [9.17, 15) is 9.59 Å². The maximum atomic E-state index is 12.0. The summed E-state index contributed by atoms with van der Waals surface area (Å²) in [6.45, 7) is 0.331. The quantitative estimate of drug-likeness (QED) is 0.755. The van der Waals surface area contributed by atoms with Crippen molar-refractivity contribution in [2.24, 2.45) is 11.8 Å². The van der Waals surface area contributed by atoms with Gasteiger partial charge in [-0.1, -0.05) is 36.8 Å². The van der Waals surface area contributed by atoms with Crippen molar-refractivity contribution in [3.63, 3.8) is 0 Å². The van der Waals surface area contributed by atoms with Gasteiger partial charge in [0.2, 0.25) is 0 Å². The van der Waals surface area contributed by atoms with Crippen LogP contribution in [-0.4, -0.2) is 19.0 Å². The second-order valence-corrected chi connectivity index (χ2v) is 6.03. The molecule has 1 fully saturated rings. The fourth-order valence-corrected chi connectivity index (χ4v) is 3.12. The van der Waals surface area contributed by atoms with Gasteiger partial charge in [-0.3, -0.25) is 9.59 Å². The van der Waals surface area contributed by atoms with E-state index in [-0.39, 0.29) is 11.9 Å². The molecular formula is C18H24O4. The van der Waals surface area contributed by atoms with Crippen LogP contribution in [0.4, 0.5) is 0 Å². The number of methoxy groups -OCH3 is 1. The molecule has 0 aromatic heterocycles. The second kappa shape index (κ2) is 8.57. The first-order chi connectivity index (χ1) is 10.7. The Balaban J connectivity index is 1.72. The molecule has 0 radical (unpaired) electrons. The normalized spacial score (nSPS) is 21.1. The van der Waals surface area contributed by atoms with Crippen molar-refractivity contribution in [2.45, 2.75) is 45.1 Å². The Morgan fingerprint density at radius 2 is 1.68 bits per heavy atom. The van der Waals surface area contributed by atoms with Gasteiger partial charge < -0.3 is 9.47 Å². The van der Waals surface area contributed by atoms with Crippen LogP contribution in [0.1, 0.15) is 44.1 Å². The zero-order valence-corrected chi connectivity index (χ0v) is 13.1. The molecule has 1 aromatic carbocycles. The minimum atomic E-state index is -0.155. The van der Waals surface area contributed by atoms with E-state index in [4.69, 9.17) is 9.47 Å². The van der Waals surface area contributed by atoms with E-state index in [0.717, 1.165) is 31.2 Å². The van der Waals surface area contributed by atoms with Gasteiger partial charge in [0.05, 0.1) is 7.11 Å². The molecule has 1 aliphatic carbocycles. The predicted octanol–water partition coefficient (Wildman–Crippen LogP) is 3.49. The highest BCUT2D eigenvalue weighted by atomic mass is 16.5. The molecular weight excluding hydrogens is 280 g/mol. The number of rotatable bonds is 6. The van der Waals surface area contributed by atoms with E-state index in [1.165, 1.54) is 7.11 Å². The number of hydrogen-bond acceptors (Lipinski definition) is 4. The van der Waals surface area contributed by atoms with Crippen molar-refractivity contribution in [3.05, 3.63) is 35.9 Å². The lowest BCUT2D eigenvalue weighted by Crippen LogP contribution is -2.21. The van der Waals surface area contributed by atoms with Gasteiger partial charge in [0.1, 0.15) is 6.61 Å². The van der Waals surface area contributed by atoms with Crippen LogP contribution in [0.2, 0.25) is 0 Å². The fraction of sp³-hybridized carbons (Fsp3) is 0.556. The molecule has 0 unspecified atom stereocenters. The van der Waals surface area contributed by atoms with Crippen LogP contribution < -0.4 is 0 Å². The van der Waals surface area contributed by atoms with E-state index >= 15 is 0 Å². The maximum Gasteiger partial charge on any atom is 0.306 e. The molecule has 0 aliphatic heterocycles. The molecule has 1 aromatic rings. The molecule has 0 saturated heterocycles. The van der Waals surface area contributed by atoms with E-state index < -0.39 is 0 Å². The number of ether oxygens (including phenoxy) is 2. The Kier molecular flexibility index (Phi) is 6.44. The molecule has 4 heteroatoms. The van der Waals surface area contributed by atoms with E-state index in [1.807, 2.05) is 30.3 Å². The molecule has 0 spiro atoms. The molecule has 0 N–H and O–H groups in total. The Bertz CT molecular complexity index is 483. The summed E-state index contributed by atoms with van der Waals surface area (Å²) < 4.78 is 10.1. The molecule has 1 saturated carbocycles. The van der Waals surface area contributed by atoms with Gasteiger partial charge in [-0.15, -0.1) is 0 Å². The van der Waals surface area contributed by atoms with Gasteiger partial charge in [0.25, 0.3) is 0 Å². The summed E-state index contributed by atoms with van der Waals surface area (Å²) in [5.74, 6) is 0.365. The first kappa shape index (κ1) is 16.5. The Labute approximate surface area is 131 Å². The van der Waals surface area contributed by atoms with Gasteiger partial charge in [0, 0.05) is 12.8 Å². The second-order valence-electron chi connectivity index (χ2n) is 6.03. The van der Waals surface area contributed by atoms with Crippen LogP contribution in [0.15, 0.2) is 30.3 Å². The maximum absolute atomic E-state index is 12.0. The van der Waals surface area contributed by atoms with Gasteiger partial charge in [-0.05, 0) is 36.7 Å². The zero-order chi connectivity index (χ0) is 15.8. The molecule has 0 heterocycles. The summed E-state index contributed by atoms with van der Waals surface area (Å²) in [6, 6.07) is 9.69. The number of carbonyl (C=O) groups excluding carboxylic acids is 2. The highest BCUT2D eigenvalue weighted by Crippen LogP contribution is 2.33. The summed E-state index contributed by atoms with van der Waals surface area (Å²) in [7, 11) is 1.42. The molecule has 2 rings (SSSR count). The summed E-state index contributed by atoms with van der Waals surface area (Å²) >= 11 is 0. The summed E-state index contributed by atoms with van der Waals surface area (Å²) in [5.41, 5.74) is 1.00. The number of carbonyl (C=O) groups is 2. The minimum Gasteiger partial charge on any atom is -0.469 e. The standard InChI is InChI=1S/C18H24O4/c1-21-17(19)11-15-8-5-9-16(10-15)12-18(20)22-13-14-6-3-2-4-7-14/h2-4,6-7,15-16H,5,8-13H2,1H3/t15-,16+/m1/s1. The van der Waals surface area contributed by atoms with Crippen LogP contribution in [0.25, 0.3) is 0 Å². The predicted molar refractivity (Wildman–Crippen MR) is 82.9 cm³/mol. The molecule has 0 amide bonds. The van der Waals surface area contributed by atoms with Crippen molar-refractivity contribution in [1.29, 1.82) is 0 Å². The van der Waals surface area contributed by atoms with E-state index in [1.54, 1.807) is 0 Å². The first-order valence-electron chi connectivity index (χ1n) is 7.93. The summed E-state index contributed by atoms with van der Waals surface area (Å²) in [6.07, 6.45) is 4.98. The molecule has 1 aliphatic rings. The van der Waals surface area contributed by atoms with Crippen LogP contribution >= 0.6 is 0 Å². The van der Waals surface area contributed by atoms with E-state index in [0.29, 0.717) is 31.3 Å². The van der Waals surface area contributed by atoms with Gasteiger partial charge in [-0.2, -0.15) is 0 Å². The van der Waals surface area contributed by atoms with Crippen molar-refractivity contribution in [3.8, 4) is 0 Å². The highest BCUT2D eigenvalue weighted by molar-refractivity contribution is 5.70. The third-order valence-electron chi connectivity index (χ3n) is 4.27. The lowest BCUT2D eigenvalue weighted by molar-refractivity contribution is -0.146. The van der Waals surface area contributed by atoms with Gasteiger partial charge in [-0.25, -0.2) is 0 Å².